The number of nitrogens with one attached hydrogen (secondary N) is 2. The van der Waals surface area contributed by atoms with Crippen LogP contribution in [0.5, 0.6) is 0 Å². The summed E-state index contributed by atoms with van der Waals surface area (Å²) in [6.45, 7) is 5.84. The van der Waals surface area contributed by atoms with E-state index in [1.807, 2.05) is 19.2 Å². The molecule has 0 aromatic carbocycles. The summed E-state index contributed by atoms with van der Waals surface area (Å²) in [5.74, 6) is -0.0857. The minimum atomic E-state index is -0.452. The summed E-state index contributed by atoms with van der Waals surface area (Å²) >= 11 is 1.54. The third kappa shape index (κ3) is 3.02. The van der Waals surface area contributed by atoms with Gasteiger partial charge in [-0.25, -0.2) is 4.98 Å². The van der Waals surface area contributed by atoms with Crippen LogP contribution in [0.4, 0.5) is 0 Å². The molecule has 1 unspecified atom stereocenters. The summed E-state index contributed by atoms with van der Waals surface area (Å²) < 4.78 is 5.41. The van der Waals surface area contributed by atoms with Gasteiger partial charge in [0.1, 0.15) is 11.1 Å². The van der Waals surface area contributed by atoms with Crippen LogP contribution in [-0.4, -0.2) is 36.7 Å². The molecule has 0 bridgehead atoms. The zero-order valence-corrected chi connectivity index (χ0v) is 10.8. The molecule has 0 saturated carbocycles. The second-order valence-corrected chi connectivity index (χ2v) is 5.41. The predicted octanol–water partition coefficient (Wildman–Crippen LogP) is 0.483. The van der Waals surface area contributed by atoms with Gasteiger partial charge >= 0.3 is 0 Å². The monoisotopic (exact) mass is 255 g/mol. The van der Waals surface area contributed by atoms with Crippen LogP contribution in [0.1, 0.15) is 18.9 Å². The summed E-state index contributed by atoms with van der Waals surface area (Å²) in [4.78, 5) is 16.2. The van der Waals surface area contributed by atoms with E-state index in [0.717, 1.165) is 11.6 Å². The molecule has 0 radical (unpaired) electrons. The van der Waals surface area contributed by atoms with E-state index in [2.05, 4.69) is 15.6 Å². The maximum Gasteiger partial charge on any atom is 0.251 e. The fourth-order valence-electron chi connectivity index (χ4n) is 1.71. The van der Waals surface area contributed by atoms with Crippen LogP contribution in [0, 0.1) is 0 Å². The van der Waals surface area contributed by atoms with Gasteiger partial charge in [-0.2, -0.15) is 0 Å². The maximum absolute atomic E-state index is 12.0. The number of aromatic nitrogens is 1. The van der Waals surface area contributed by atoms with Gasteiger partial charge in [0.05, 0.1) is 12.1 Å². The van der Waals surface area contributed by atoms with Crippen LogP contribution in [0.2, 0.25) is 0 Å². The topological polar surface area (TPSA) is 63.2 Å². The first-order chi connectivity index (χ1) is 8.09. The number of morpholine rings is 1. The Hall–Kier alpha value is -0.980. The molecule has 0 aliphatic carbocycles. The second-order valence-electron chi connectivity index (χ2n) is 4.52. The first-order valence-corrected chi connectivity index (χ1v) is 6.52. The van der Waals surface area contributed by atoms with Gasteiger partial charge in [0, 0.05) is 24.7 Å². The quantitative estimate of drug-likeness (QED) is 0.825. The molecule has 0 spiro atoms. The molecule has 6 heteroatoms. The minimum Gasteiger partial charge on any atom is -0.366 e. The average molecular weight is 255 g/mol. The predicted molar refractivity (Wildman–Crippen MR) is 65.9 cm³/mol. The number of hydrogen-bond donors (Lipinski definition) is 2. The molecule has 1 aromatic heterocycles. The summed E-state index contributed by atoms with van der Waals surface area (Å²) in [7, 11) is 0. The van der Waals surface area contributed by atoms with Crippen molar-refractivity contribution in [1.29, 1.82) is 0 Å². The van der Waals surface area contributed by atoms with Gasteiger partial charge in [-0.3, -0.25) is 4.79 Å². The number of rotatable bonds is 3. The van der Waals surface area contributed by atoms with Gasteiger partial charge < -0.3 is 15.4 Å². The molecule has 94 valence electrons. The summed E-state index contributed by atoms with van der Waals surface area (Å²) in [5.41, 5.74) is -0.452. The molecule has 1 saturated heterocycles. The van der Waals surface area contributed by atoms with Crippen molar-refractivity contribution in [2.75, 3.05) is 19.7 Å². The van der Waals surface area contributed by atoms with Crippen molar-refractivity contribution < 1.29 is 9.53 Å². The van der Waals surface area contributed by atoms with Gasteiger partial charge in [-0.1, -0.05) is 0 Å². The summed E-state index contributed by atoms with van der Waals surface area (Å²) in [5, 5.41) is 8.91. The molecule has 2 rings (SSSR count). The van der Waals surface area contributed by atoms with Gasteiger partial charge in [-0.05, 0) is 13.8 Å². The highest BCUT2D eigenvalue weighted by Gasteiger charge is 2.30. The Labute approximate surface area is 105 Å². The van der Waals surface area contributed by atoms with E-state index in [1.165, 1.54) is 11.3 Å². The lowest BCUT2D eigenvalue weighted by atomic mass is 10.1. The standard InChI is InChI=1S/C11H17N3O2S/c1-11(2,10-13-4-6-17-10)14-9(15)8-7-12-3-5-16-8/h4,6,8,12H,3,5,7H2,1-2H3,(H,14,15). The van der Waals surface area contributed by atoms with E-state index >= 15 is 0 Å². The highest BCUT2D eigenvalue weighted by Crippen LogP contribution is 2.22. The van der Waals surface area contributed by atoms with Crippen molar-refractivity contribution in [2.45, 2.75) is 25.5 Å². The Morgan fingerprint density at radius 2 is 2.53 bits per heavy atom. The van der Waals surface area contributed by atoms with Gasteiger partial charge in [0.15, 0.2) is 0 Å². The van der Waals surface area contributed by atoms with Gasteiger partial charge in [-0.15, -0.1) is 11.3 Å². The molecular formula is C11H17N3O2S. The molecule has 1 aliphatic heterocycles. The molecule has 1 atom stereocenters. The molecule has 1 fully saturated rings. The summed E-state index contributed by atoms with van der Waals surface area (Å²) in [6, 6.07) is 0. The average Bonchev–Trinajstić information content (AvgIpc) is 2.84. The highest BCUT2D eigenvalue weighted by atomic mass is 32.1. The van der Waals surface area contributed by atoms with Crippen molar-refractivity contribution >= 4 is 17.2 Å². The van der Waals surface area contributed by atoms with Crippen molar-refractivity contribution in [3.63, 3.8) is 0 Å². The van der Waals surface area contributed by atoms with Crippen molar-refractivity contribution in [3.8, 4) is 0 Å². The largest absolute Gasteiger partial charge is 0.366 e. The Balaban J connectivity index is 1.97. The van der Waals surface area contributed by atoms with E-state index in [4.69, 9.17) is 4.74 Å². The Kier molecular flexibility index (Phi) is 3.76. The van der Waals surface area contributed by atoms with E-state index in [0.29, 0.717) is 13.2 Å². The lowest BCUT2D eigenvalue weighted by molar-refractivity contribution is -0.136. The van der Waals surface area contributed by atoms with Crippen LogP contribution in [-0.2, 0) is 15.1 Å². The van der Waals surface area contributed by atoms with Gasteiger partial charge in [0.25, 0.3) is 5.91 Å². The van der Waals surface area contributed by atoms with Crippen LogP contribution in [0.25, 0.3) is 0 Å². The fourth-order valence-corrected chi connectivity index (χ4v) is 2.43. The number of carbonyl (C=O) groups is 1. The molecule has 2 heterocycles. The normalized spacial score (nSPS) is 21.2. The Bertz CT molecular complexity index is 372. The van der Waals surface area contributed by atoms with Crippen LogP contribution in [0.15, 0.2) is 11.6 Å². The Morgan fingerprint density at radius 1 is 1.71 bits per heavy atom. The van der Waals surface area contributed by atoms with E-state index in [-0.39, 0.29) is 5.91 Å². The number of thiazole rings is 1. The first kappa shape index (κ1) is 12.5. The molecule has 1 aliphatic rings. The van der Waals surface area contributed by atoms with E-state index in [1.54, 1.807) is 6.20 Å². The highest BCUT2D eigenvalue weighted by molar-refractivity contribution is 7.09. The molecule has 1 aromatic rings. The lowest BCUT2D eigenvalue weighted by Crippen LogP contribution is -2.52. The van der Waals surface area contributed by atoms with Crippen molar-refractivity contribution in [1.82, 2.24) is 15.6 Å². The third-order valence-electron chi connectivity index (χ3n) is 2.62. The number of amides is 1. The lowest BCUT2D eigenvalue weighted by Gasteiger charge is -2.29. The molecule has 5 nitrogen and oxygen atoms in total. The minimum absolute atomic E-state index is 0.0857. The van der Waals surface area contributed by atoms with Crippen LogP contribution >= 0.6 is 11.3 Å². The molecule has 17 heavy (non-hydrogen) atoms. The zero-order valence-electron chi connectivity index (χ0n) is 10.0. The first-order valence-electron chi connectivity index (χ1n) is 5.64. The Morgan fingerprint density at radius 3 is 3.12 bits per heavy atom. The number of carbonyl (C=O) groups excluding carboxylic acids is 1. The maximum atomic E-state index is 12.0. The fraction of sp³-hybridized carbons (Fsp3) is 0.636. The number of nitrogens with zero attached hydrogens (tertiary/aromatic N) is 1. The van der Waals surface area contributed by atoms with E-state index in [9.17, 15) is 4.79 Å². The number of hydrogen-bond acceptors (Lipinski definition) is 5. The molecule has 2 N–H and O–H groups in total. The summed E-state index contributed by atoms with van der Waals surface area (Å²) in [6.07, 6.45) is 1.34. The van der Waals surface area contributed by atoms with Crippen LogP contribution < -0.4 is 10.6 Å². The smallest absolute Gasteiger partial charge is 0.251 e. The number of ether oxygens (including phenoxy) is 1. The zero-order chi connectivity index (χ0) is 12.3. The van der Waals surface area contributed by atoms with Crippen molar-refractivity contribution in [3.05, 3.63) is 16.6 Å². The SMILES string of the molecule is CC(C)(NC(=O)C1CNCCO1)c1nccs1. The molecular weight excluding hydrogens is 238 g/mol. The van der Waals surface area contributed by atoms with Gasteiger partial charge in [0.2, 0.25) is 0 Å². The molecule has 1 amide bonds. The second kappa shape index (κ2) is 5.12. The van der Waals surface area contributed by atoms with Crippen LogP contribution in [0.3, 0.4) is 0 Å². The third-order valence-corrected chi connectivity index (χ3v) is 3.72. The van der Waals surface area contributed by atoms with Crippen molar-refractivity contribution in [2.24, 2.45) is 0 Å². The van der Waals surface area contributed by atoms with E-state index < -0.39 is 11.6 Å².